The third-order valence-electron chi connectivity index (χ3n) is 20.8. The summed E-state index contributed by atoms with van der Waals surface area (Å²) >= 11 is 14.6. The Morgan fingerprint density at radius 2 is 0.808 bits per heavy atom. The molecule has 10 aromatic carbocycles. The number of aliphatic hydroxyl groups is 3. The molecule has 536 valence electrons. The molecular formula is C87H84Cl2O15. The van der Waals surface area contributed by atoms with Gasteiger partial charge in [-0.25, -0.2) is 0 Å². The van der Waals surface area contributed by atoms with Crippen LogP contribution in [0.4, 0.5) is 0 Å². The summed E-state index contributed by atoms with van der Waals surface area (Å²) in [6, 6.07) is 81.4. The van der Waals surface area contributed by atoms with Crippen LogP contribution in [0.5, 0.6) is 11.5 Å². The second-order valence-electron chi connectivity index (χ2n) is 27.4. The van der Waals surface area contributed by atoms with Gasteiger partial charge in [-0.05, 0) is 116 Å². The number of ether oxygens (including phenoxy) is 12. The number of hydrogen-bond acceptors (Lipinski definition) is 15. The molecule has 0 radical (unpaired) electrons. The van der Waals surface area contributed by atoms with Crippen LogP contribution in [0, 0.1) is 0 Å². The second kappa shape index (κ2) is 31.9. The molecule has 0 amide bonds. The molecule has 3 unspecified atom stereocenters. The molecule has 15 nitrogen and oxygen atoms in total. The van der Waals surface area contributed by atoms with Gasteiger partial charge in [0.15, 0.2) is 11.2 Å². The maximum atomic E-state index is 14.7. The summed E-state index contributed by atoms with van der Waals surface area (Å²) in [6.45, 7) is -0.359. The molecule has 104 heavy (non-hydrogen) atoms. The van der Waals surface area contributed by atoms with E-state index in [0.717, 1.165) is 85.5 Å². The standard InChI is InChI=1S/C87H84Cl2O15/c1-93-86(70-34-36-72(88)68(48-70)46-64-32-38-74-66(44-64)40-42-94-74)82(100-54-62-28-16-6-17-29-62)76(96-50-58-20-8-2-9-21-58)80(98-52-60-24-12-4-13-25-60)84(56-90,103-86)78(91)79(92)85-57-102-87(104-85,71-35-37-73(89)69(49-71)47-65-33-39-75-67(45-65)41-43-95-75)83(101-55-63-30-18-7-19-31-63)77(97-51-59-22-10-3-11-23-59)81(85)99-53-61-26-14-5-15-27-61/h2-39,44-45,48-49,76-83,90-92H,40-43,46-47,50-57H2,1H3/t76-,77-,78?,79?,80+,81+,82+,83+,84?,85-,86-,87-/m0/s1. The van der Waals surface area contributed by atoms with Crippen LogP contribution >= 0.6 is 23.2 Å². The van der Waals surface area contributed by atoms with Gasteiger partial charge in [0.1, 0.15) is 60.3 Å². The Hall–Kier alpha value is -8.14. The van der Waals surface area contributed by atoms with Gasteiger partial charge < -0.3 is 72.2 Å². The van der Waals surface area contributed by atoms with Gasteiger partial charge in [0, 0.05) is 41.1 Å². The summed E-state index contributed by atoms with van der Waals surface area (Å²) in [5, 5.41) is 43.4. The summed E-state index contributed by atoms with van der Waals surface area (Å²) in [5.41, 5.74) is 6.63. The van der Waals surface area contributed by atoms with E-state index in [4.69, 9.17) is 80.0 Å². The van der Waals surface area contributed by atoms with E-state index in [1.54, 1.807) is 12.1 Å². The van der Waals surface area contributed by atoms with Gasteiger partial charge in [-0.15, -0.1) is 0 Å². The zero-order valence-electron chi connectivity index (χ0n) is 57.8. The number of fused-ring (bicyclic) bond motifs is 4. The van der Waals surface area contributed by atoms with E-state index in [-0.39, 0.29) is 39.6 Å². The van der Waals surface area contributed by atoms with E-state index in [2.05, 4.69) is 12.1 Å². The Labute approximate surface area is 616 Å². The molecule has 3 N–H and O–H groups in total. The lowest BCUT2D eigenvalue weighted by Crippen LogP contribution is -2.79. The maximum absolute atomic E-state index is 14.7. The van der Waals surface area contributed by atoms with Crippen molar-refractivity contribution in [2.75, 3.05) is 33.5 Å². The maximum Gasteiger partial charge on any atom is 0.225 e. The third-order valence-corrected chi connectivity index (χ3v) is 21.5. The average molecular weight is 1440 g/mol. The Morgan fingerprint density at radius 3 is 1.25 bits per heavy atom. The van der Waals surface area contributed by atoms with Crippen molar-refractivity contribution in [1.82, 2.24) is 0 Å². The van der Waals surface area contributed by atoms with E-state index in [1.165, 1.54) is 7.11 Å². The van der Waals surface area contributed by atoms with Gasteiger partial charge in [-0.1, -0.05) is 242 Å². The molecule has 3 saturated heterocycles. The lowest BCUT2D eigenvalue weighted by Gasteiger charge is -2.60. The zero-order valence-corrected chi connectivity index (χ0v) is 59.3. The molecule has 0 aromatic heterocycles. The first-order chi connectivity index (χ1) is 51.0. The minimum Gasteiger partial charge on any atom is -0.493 e. The number of aliphatic hydroxyl groups excluding tert-OH is 3. The summed E-state index contributed by atoms with van der Waals surface area (Å²) in [5.74, 6) is -2.44. The third kappa shape index (κ3) is 14.7. The van der Waals surface area contributed by atoms with E-state index in [1.807, 2.05) is 231 Å². The Bertz CT molecular complexity index is 4490. The summed E-state index contributed by atoms with van der Waals surface area (Å²) in [6.07, 6.45) is -10.0. The highest BCUT2D eigenvalue weighted by atomic mass is 35.5. The highest BCUT2D eigenvalue weighted by molar-refractivity contribution is 6.31. The number of halogens is 2. The fourth-order valence-electron chi connectivity index (χ4n) is 15.4. The summed E-state index contributed by atoms with van der Waals surface area (Å²) < 4.78 is 86.2. The predicted molar refractivity (Wildman–Crippen MR) is 393 cm³/mol. The molecule has 5 aliphatic heterocycles. The normalized spacial score (nSPS) is 25.2. The van der Waals surface area contributed by atoms with Gasteiger partial charge in [0.2, 0.25) is 11.6 Å². The van der Waals surface area contributed by atoms with Crippen LogP contribution in [0.1, 0.15) is 77.9 Å². The van der Waals surface area contributed by atoms with Crippen molar-refractivity contribution >= 4 is 23.2 Å². The molecule has 5 heterocycles. The monoisotopic (exact) mass is 1440 g/mol. The molecular weight excluding hydrogens is 1360 g/mol. The van der Waals surface area contributed by atoms with E-state index in [9.17, 15) is 15.3 Å². The van der Waals surface area contributed by atoms with Gasteiger partial charge in [-0.2, -0.15) is 0 Å². The van der Waals surface area contributed by atoms with Crippen LogP contribution in [-0.4, -0.2) is 109 Å². The average Bonchev–Trinajstić information content (AvgIpc) is 1.37. The highest BCUT2D eigenvalue weighted by Crippen LogP contribution is 2.58. The number of rotatable bonds is 29. The minimum absolute atomic E-state index is 0.00883. The molecule has 12 atom stereocenters. The summed E-state index contributed by atoms with van der Waals surface area (Å²) in [7, 11) is 1.48. The Balaban J connectivity index is 0.920. The van der Waals surface area contributed by atoms with E-state index in [0.29, 0.717) is 52.8 Å². The first kappa shape index (κ1) is 71.5. The molecule has 10 aromatic rings. The SMILES string of the molecule is CO[C@@]1(c2ccc(Cl)c(Cc3ccc4c(c3)CCO4)c2)OC(CO)(C(O)C(O)[C@]23CO[C@@](c4ccc(Cl)c(Cc5ccc6c(c5)CCO6)c4)(O2)[C@H](OCc2ccccc2)[C@@H](OCc2ccccc2)[C@H]3OCc2ccccc2)[C@H](OCc2ccccc2)[C@H](OCc2ccccc2)[C@H]1OCc1ccccc1. The topological polar surface area (TPSA) is 171 Å². The van der Waals surface area contributed by atoms with Crippen LogP contribution in [-0.2, 0) is 124 Å². The fourth-order valence-corrected chi connectivity index (χ4v) is 15.8. The zero-order chi connectivity index (χ0) is 71.1. The Morgan fingerprint density at radius 1 is 0.413 bits per heavy atom. The minimum atomic E-state index is -2.50. The predicted octanol–water partition coefficient (Wildman–Crippen LogP) is 14.5. The van der Waals surface area contributed by atoms with Crippen molar-refractivity contribution < 1.29 is 72.2 Å². The van der Waals surface area contributed by atoms with Crippen LogP contribution < -0.4 is 9.47 Å². The fraction of sp³-hybridized carbons (Fsp3) is 0.310. The smallest absolute Gasteiger partial charge is 0.225 e. The molecule has 17 heteroatoms. The van der Waals surface area contributed by atoms with Crippen LogP contribution in [0.2, 0.25) is 10.0 Å². The molecule has 15 rings (SSSR count). The highest BCUT2D eigenvalue weighted by Gasteiger charge is 2.76. The van der Waals surface area contributed by atoms with Crippen molar-refractivity contribution in [3.05, 3.63) is 343 Å². The lowest BCUT2D eigenvalue weighted by atomic mass is 9.71. The molecule has 2 bridgehead atoms. The number of benzene rings is 10. The van der Waals surface area contributed by atoms with Gasteiger partial charge >= 0.3 is 0 Å². The van der Waals surface area contributed by atoms with Crippen molar-refractivity contribution in [1.29, 1.82) is 0 Å². The molecule has 5 aliphatic rings. The van der Waals surface area contributed by atoms with Gasteiger partial charge in [0.05, 0.1) is 66.1 Å². The lowest BCUT2D eigenvalue weighted by molar-refractivity contribution is -0.434. The first-order valence-electron chi connectivity index (χ1n) is 35.5. The Kier molecular flexibility index (Phi) is 21.9. The second-order valence-corrected chi connectivity index (χ2v) is 28.2. The number of hydrogen-bond donors (Lipinski definition) is 3. The van der Waals surface area contributed by atoms with Crippen molar-refractivity contribution in [2.45, 2.75) is 137 Å². The summed E-state index contributed by atoms with van der Waals surface area (Å²) in [4.78, 5) is 0. The van der Waals surface area contributed by atoms with Gasteiger partial charge in [0.25, 0.3) is 0 Å². The first-order valence-corrected chi connectivity index (χ1v) is 36.3. The van der Waals surface area contributed by atoms with Crippen LogP contribution in [0.15, 0.2) is 255 Å². The van der Waals surface area contributed by atoms with Crippen molar-refractivity contribution in [3.63, 3.8) is 0 Å². The largest absolute Gasteiger partial charge is 0.493 e. The van der Waals surface area contributed by atoms with Crippen LogP contribution in [0.25, 0.3) is 0 Å². The van der Waals surface area contributed by atoms with Crippen molar-refractivity contribution in [2.24, 2.45) is 0 Å². The quantitative estimate of drug-likeness (QED) is 0.0404. The van der Waals surface area contributed by atoms with Gasteiger partial charge in [-0.3, -0.25) is 0 Å². The molecule has 0 aliphatic carbocycles. The van der Waals surface area contributed by atoms with Crippen molar-refractivity contribution in [3.8, 4) is 11.5 Å². The molecule has 3 fully saturated rings. The van der Waals surface area contributed by atoms with E-state index < -0.39 is 84.8 Å². The molecule has 0 saturated carbocycles. The van der Waals surface area contributed by atoms with Crippen LogP contribution in [0.3, 0.4) is 0 Å². The van der Waals surface area contributed by atoms with E-state index >= 15 is 0 Å². The molecule has 0 spiro atoms. The number of methoxy groups -OCH3 is 1.